The maximum absolute atomic E-state index is 11.8. The molecule has 3 heterocycles. The third-order valence-corrected chi connectivity index (χ3v) is 3.72. The van der Waals surface area contributed by atoms with Gasteiger partial charge in [-0.1, -0.05) is 0 Å². The monoisotopic (exact) mass is 261 g/mol. The molecule has 0 aliphatic carbocycles. The second kappa shape index (κ2) is 5.05. The summed E-state index contributed by atoms with van der Waals surface area (Å²) in [6.07, 6.45) is 1.80. The molecule has 3 rings (SSSR count). The van der Waals surface area contributed by atoms with Crippen molar-refractivity contribution in [3.8, 4) is 0 Å². The standard InChI is InChI=1S/C13H19N5O/c1-16-7-9-17(10-8-16)12-11(3-2-4-14-12)18-6-5-15-13(18)19/h2-4H,5-10H2,1H3,(H,15,19). The first-order valence-electron chi connectivity index (χ1n) is 6.69. The van der Waals surface area contributed by atoms with Crippen LogP contribution in [0.5, 0.6) is 0 Å². The quantitative estimate of drug-likeness (QED) is 0.835. The van der Waals surface area contributed by atoms with Crippen LogP contribution in [0, 0.1) is 0 Å². The lowest BCUT2D eigenvalue weighted by molar-refractivity contribution is 0.252. The van der Waals surface area contributed by atoms with Crippen LogP contribution in [-0.4, -0.2) is 62.2 Å². The summed E-state index contributed by atoms with van der Waals surface area (Å²) >= 11 is 0. The Morgan fingerprint density at radius 2 is 2.00 bits per heavy atom. The molecule has 0 atom stereocenters. The van der Waals surface area contributed by atoms with E-state index in [0.29, 0.717) is 13.1 Å². The number of piperazine rings is 1. The van der Waals surface area contributed by atoms with Gasteiger partial charge >= 0.3 is 6.03 Å². The SMILES string of the molecule is CN1CCN(c2ncccc2N2CCNC2=O)CC1. The minimum atomic E-state index is -0.0247. The van der Waals surface area contributed by atoms with E-state index in [2.05, 4.69) is 27.1 Å². The largest absolute Gasteiger partial charge is 0.352 e. The number of nitrogens with zero attached hydrogens (tertiary/aromatic N) is 4. The number of urea groups is 1. The van der Waals surface area contributed by atoms with Crippen LogP contribution in [0.4, 0.5) is 16.3 Å². The average Bonchev–Trinajstić information content (AvgIpc) is 2.86. The van der Waals surface area contributed by atoms with Crippen molar-refractivity contribution < 1.29 is 4.79 Å². The van der Waals surface area contributed by atoms with Gasteiger partial charge in [0.1, 0.15) is 0 Å². The molecule has 0 spiro atoms. The van der Waals surface area contributed by atoms with Crippen molar-refractivity contribution in [2.24, 2.45) is 0 Å². The Balaban J connectivity index is 1.87. The topological polar surface area (TPSA) is 51.7 Å². The summed E-state index contributed by atoms with van der Waals surface area (Å²) in [5.74, 6) is 0.924. The number of amides is 2. The predicted molar refractivity (Wildman–Crippen MR) is 74.7 cm³/mol. The van der Waals surface area contributed by atoms with Gasteiger partial charge in [-0.05, 0) is 19.2 Å². The van der Waals surface area contributed by atoms with Gasteiger partial charge in [-0.3, -0.25) is 4.90 Å². The number of hydrogen-bond acceptors (Lipinski definition) is 4. The Kier molecular flexibility index (Phi) is 3.25. The Hall–Kier alpha value is -1.82. The van der Waals surface area contributed by atoms with Gasteiger partial charge in [-0.25, -0.2) is 9.78 Å². The third-order valence-electron chi connectivity index (χ3n) is 3.72. The fourth-order valence-corrected chi connectivity index (χ4v) is 2.56. The Morgan fingerprint density at radius 3 is 2.68 bits per heavy atom. The normalized spacial score (nSPS) is 20.8. The van der Waals surface area contributed by atoms with Crippen LogP contribution in [0.15, 0.2) is 18.3 Å². The number of pyridine rings is 1. The fourth-order valence-electron chi connectivity index (χ4n) is 2.56. The molecule has 19 heavy (non-hydrogen) atoms. The van der Waals surface area contributed by atoms with E-state index in [1.807, 2.05) is 12.1 Å². The number of carbonyl (C=O) groups is 1. The van der Waals surface area contributed by atoms with E-state index in [-0.39, 0.29) is 6.03 Å². The number of hydrogen-bond donors (Lipinski definition) is 1. The zero-order valence-electron chi connectivity index (χ0n) is 11.2. The first-order valence-corrected chi connectivity index (χ1v) is 6.69. The van der Waals surface area contributed by atoms with E-state index >= 15 is 0 Å². The van der Waals surface area contributed by atoms with Crippen molar-refractivity contribution in [3.63, 3.8) is 0 Å². The Bertz CT molecular complexity index is 470. The molecule has 0 radical (unpaired) electrons. The fraction of sp³-hybridized carbons (Fsp3) is 0.538. The van der Waals surface area contributed by atoms with Crippen LogP contribution in [0.2, 0.25) is 0 Å². The second-order valence-corrected chi connectivity index (χ2v) is 5.02. The van der Waals surface area contributed by atoms with Crippen LogP contribution < -0.4 is 15.1 Å². The van der Waals surface area contributed by atoms with Crippen molar-refractivity contribution in [1.82, 2.24) is 15.2 Å². The average molecular weight is 261 g/mol. The number of anilines is 2. The van der Waals surface area contributed by atoms with E-state index in [0.717, 1.165) is 37.7 Å². The molecule has 2 aliphatic heterocycles. The molecular formula is C13H19N5O. The summed E-state index contributed by atoms with van der Waals surface area (Å²) in [4.78, 5) is 22.7. The molecule has 2 aliphatic rings. The van der Waals surface area contributed by atoms with Crippen LogP contribution in [-0.2, 0) is 0 Å². The first kappa shape index (κ1) is 12.2. The molecule has 0 aromatic carbocycles. The van der Waals surface area contributed by atoms with Gasteiger partial charge in [0.25, 0.3) is 0 Å². The number of aromatic nitrogens is 1. The number of likely N-dealkylation sites (N-methyl/N-ethyl adjacent to an activating group) is 1. The van der Waals surface area contributed by atoms with Crippen molar-refractivity contribution in [2.75, 3.05) is 56.1 Å². The van der Waals surface area contributed by atoms with E-state index in [1.54, 1.807) is 11.1 Å². The first-order chi connectivity index (χ1) is 9.25. The molecular weight excluding hydrogens is 242 g/mol. The molecule has 1 aromatic rings. The second-order valence-electron chi connectivity index (χ2n) is 5.02. The van der Waals surface area contributed by atoms with E-state index in [4.69, 9.17) is 0 Å². The minimum absolute atomic E-state index is 0.0247. The molecule has 102 valence electrons. The highest BCUT2D eigenvalue weighted by Gasteiger charge is 2.26. The number of carbonyl (C=O) groups excluding carboxylic acids is 1. The van der Waals surface area contributed by atoms with E-state index < -0.39 is 0 Å². The van der Waals surface area contributed by atoms with Crippen LogP contribution in [0.1, 0.15) is 0 Å². The van der Waals surface area contributed by atoms with Crippen molar-refractivity contribution in [2.45, 2.75) is 0 Å². The van der Waals surface area contributed by atoms with Gasteiger partial charge in [0, 0.05) is 45.5 Å². The van der Waals surface area contributed by atoms with Gasteiger partial charge in [0.2, 0.25) is 0 Å². The molecule has 2 amide bonds. The lowest BCUT2D eigenvalue weighted by Gasteiger charge is -2.35. The molecule has 6 nitrogen and oxygen atoms in total. The molecule has 0 unspecified atom stereocenters. The van der Waals surface area contributed by atoms with Gasteiger partial charge < -0.3 is 15.1 Å². The van der Waals surface area contributed by atoms with Gasteiger partial charge in [0.05, 0.1) is 5.69 Å². The smallest absolute Gasteiger partial charge is 0.322 e. The van der Waals surface area contributed by atoms with Crippen LogP contribution in [0.25, 0.3) is 0 Å². The molecule has 2 fully saturated rings. The van der Waals surface area contributed by atoms with Crippen LogP contribution in [0.3, 0.4) is 0 Å². The highest BCUT2D eigenvalue weighted by atomic mass is 16.2. The molecule has 6 heteroatoms. The summed E-state index contributed by atoms with van der Waals surface area (Å²) in [6, 6.07) is 3.84. The number of rotatable bonds is 2. The lowest BCUT2D eigenvalue weighted by atomic mass is 10.2. The summed E-state index contributed by atoms with van der Waals surface area (Å²) in [5.41, 5.74) is 0.919. The highest BCUT2D eigenvalue weighted by Crippen LogP contribution is 2.28. The van der Waals surface area contributed by atoms with Crippen molar-refractivity contribution >= 4 is 17.5 Å². The Labute approximate surface area is 113 Å². The third kappa shape index (κ3) is 2.35. The van der Waals surface area contributed by atoms with Crippen molar-refractivity contribution in [3.05, 3.63) is 18.3 Å². The predicted octanol–water partition coefficient (Wildman–Crippen LogP) is 0.363. The summed E-state index contributed by atoms with van der Waals surface area (Å²) in [5, 5.41) is 2.84. The summed E-state index contributed by atoms with van der Waals surface area (Å²) < 4.78 is 0. The zero-order valence-corrected chi connectivity index (χ0v) is 11.2. The Morgan fingerprint density at radius 1 is 1.21 bits per heavy atom. The highest BCUT2D eigenvalue weighted by molar-refractivity contribution is 5.96. The molecule has 0 saturated carbocycles. The summed E-state index contributed by atoms with van der Waals surface area (Å²) in [7, 11) is 2.13. The van der Waals surface area contributed by atoms with Crippen LogP contribution >= 0.6 is 0 Å². The molecule has 1 aromatic heterocycles. The maximum atomic E-state index is 11.8. The van der Waals surface area contributed by atoms with E-state index in [1.165, 1.54) is 0 Å². The summed E-state index contributed by atoms with van der Waals surface area (Å²) in [6.45, 7) is 5.39. The number of nitrogens with one attached hydrogen (secondary N) is 1. The van der Waals surface area contributed by atoms with Crippen molar-refractivity contribution in [1.29, 1.82) is 0 Å². The molecule has 1 N–H and O–H groups in total. The maximum Gasteiger partial charge on any atom is 0.322 e. The van der Waals surface area contributed by atoms with Gasteiger partial charge in [0.15, 0.2) is 5.82 Å². The minimum Gasteiger partial charge on any atom is -0.352 e. The van der Waals surface area contributed by atoms with Gasteiger partial charge in [-0.2, -0.15) is 0 Å². The van der Waals surface area contributed by atoms with E-state index in [9.17, 15) is 4.79 Å². The molecule has 0 bridgehead atoms. The lowest BCUT2D eigenvalue weighted by Crippen LogP contribution is -2.45. The van der Waals surface area contributed by atoms with Gasteiger partial charge in [-0.15, -0.1) is 0 Å². The molecule has 2 saturated heterocycles. The zero-order chi connectivity index (χ0) is 13.2.